The summed E-state index contributed by atoms with van der Waals surface area (Å²) in [6.07, 6.45) is 3.66. The molecule has 1 saturated heterocycles. The van der Waals surface area contributed by atoms with Crippen LogP contribution in [-0.2, 0) is 4.79 Å². The average Bonchev–Trinajstić information content (AvgIpc) is 3.38. The summed E-state index contributed by atoms with van der Waals surface area (Å²) in [4.78, 5) is 23.0. The Hall–Kier alpha value is -3.18. The number of hydrogen-bond donors (Lipinski definition) is 2. The molecule has 1 amide bonds. The van der Waals surface area contributed by atoms with Crippen molar-refractivity contribution in [1.29, 1.82) is 0 Å². The number of hydrogen-bond acceptors (Lipinski definition) is 5. The van der Waals surface area contributed by atoms with Crippen molar-refractivity contribution in [3.63, 3.8) is 0 Å². The molecule has 2 aliphatic rings. The molecule has 1 aliphatic heterocycles. The standard InChI is InChI=1S/C25H20Cl2FN5O/c1-3-21(34)31-19-9-16-20(8-14(19)6-7-25-10-15(25)11-33(2)12-25)29-13-30-24(16)32-18-5-4-17(26)22(27)23(18)28/h3-5,8-9,13,15H,1,10-12H2,2H3,(H,31,34)(H,29,30,32)/t15?,25-/m0/s1. The fourth-order valence-electron chi connectivity index (χ4n) is 4.46. The van der Waals surface area contributed by atoms with Crippen LogP contribution in [0.15, 0.2) is 43.2 Å². The molecule has 34 heavy (non-hydrogen) atoms. The van der Waals surface area contributed by atoms with Gasteiger partial charge in [0, 0.05) is 23.9 Å². The first-order chi connectivity index (χ1) is 16.3. The number of fused-ring (bicyclic) bond motifs is 2. The Morgan fingerprint density at radius 3 is 2.88 bits per heavy atom. The van der Waals surface area contributed by atoms with Crippen molar-refractivity contribution < 1.29 is 9.18 Å². The van der Waals surface area contributed by atoms with Crippen molar-refractivity contribution in [3.05, 3.63) is 64.7 Å². The number of nitrogens with zero attached hydrogens (tertiary/aromatic N) is 3. The van der Waals surface area contributed by atoms with Gasteiger partial charge in [-0.15, -0.1) is 0 Å². The molecule has 2 aromatic carbocycles. The quantitative estimate of drug-likeness (QED) is 0.294. The summed E-state index contributed by atoms with van der Waals surface area (Å²) in [6, 6.07) is 6.49. The van der Waals surface area contributed by atoms with E-state index in [2.05, 4.69) is 51.0 Å². The van der Waals surface area contributed by atoms with Crippen molar-refractivity contribution in [2.75, 3.05) is 30.8 Å². The van der Waals surface area contributed by atoms with Gasteiger partial charge in [-0.05, 0) is 49.7 Å². The number of nitrogens with one attached hydrogen (secondary N) is 2. The van der Waals surface area contributed by atoms with E-state index in [4.69, 9.17) is 23.2 Å². The highest BCUT2D eigenvalue weighted by molar-refractivity contribution is 6.42. The van der Waals surface area contributed by atoms with E-state index < -0.39 is 5.82 Å². The predicted octanol–water partition coefficient (Wildman–Crippen LogP) is 5.25. The van der Waals surface area contributed by atoms with Crippen LogP contribution in [0.3, 0.4) is 0 Å². The summed E-state index contributed by atoms with van der Waals surface area (Å²) < 4.78 is 14.6. The van der Waals surface area contributed by atoms with Gasteiger partial charge < -0.3 is 15.5 Å². The molecule has 1 saturated carbocycles. The lowest BCUT2D eigenvalue weighted by Gasteiger charge is -2.13. The molecule has 0 bridgehead atoms. The minimum atomic E-state index is -0.691. The first-order valence-corrected chi connectivity index (χ1v) is 11.4. The van der Waals surface area contributed by atoms with Gasteiger partial charge in [-0.25, -0.2) is 14.4 Å². The van der Waals surface area contributed by atoms with E-state index in [9.17, 15) is 9.18 Å². The summed E-state index contributed by atoms with van der Waals surface area (Å²) in [6.45, 7) is 5.52. The number of aromatic nitrogens is 2. The minimum Gasteiger partial charge on any atom is -0.337 e. The van der Waals surface area contributed by atoms with Crippen LogP contribution in [0.5, 0.6) is 0 Å². The van der Waals surface area contributed by atoms with Crippen LogP contribution in [0.1, 0.15) is 12.0 Å². The van der Waals surface area contributed by atoms with Crippen LogP contribution in [-0.4, -0.2) is 40.9 Å². The monoisotopic (exact) mass is 495 g/mol. The van der Waals surface area contributed by atoms with E-state index in [1.807, 2.05) is 0 Å². The van der Waals surface area contributed by atoms with E-state index in [1.165, 1.54) is 24.5 Å². The molecule has 0 spiro atoms. The van der Waals surface area contributed by atoms with Gasteiger partial charge in [0.25, 0.3) is 0 Å². The summed E-state index contributed by atoms with van der Waals surface area (Å²) >= 11 is 11.8. The molecular weight excluding hydrogens is 476 g/mol. The van der Waals surface area contributed by atoms with Gasteiger partial charge >= 0.3 is 0 Å². The van der Waals surface area contributed by atoms with Gasteiger partial charge in [-0.2, -0.15) is 0 Å². The van der Waals surface area contributed by atoms with Crippen molar-refractivity contribution in [2.45, 2.75) is 6.42 Å². The highest BCUT2D eigenvalue weighted by atomic mass is 35.5. The van der Waals surface area contributed by atoms with Crippen molar-refractivity contribution in [2.24, 2.45) is 11.3 Å². The van der Waals surface area contributed by atoms with Gasteiger partial charge in [0.2, 0.25) is 5.91 Å². The molecule has 6 nitrogen and oxygen atoms in total. The first kappa shape index (κ1) is 22.6. The second kappa shape index (κ2) is 8.55. The van der Waals surface area contributed by atoms with Crippen molar-refractivity contribution in [1.82, 2.24) is 14.9 Å². The fraction of sp³-hybridized carbons (Fsp3) is 0.240. The summed E-state index contributed by atoms with van der Waals surface area (Å²) in [5.41, 5.74) is 1.86. The maximum Gasteiger partial charge on any atom is 0.247 e. The molecule has 5 rings (SSSR count). The van der Waals surface area contributed by atoms with Crippen LogP contribution in [0.4, 0.5) is 21.6 Å². The van der Waals surface area contributed by atoms with E-state index in [-0.39, 0.29) is 27.1 Å². The average molecular weight is 496 g/mol. The second-order valence-electron chi connectivity index (χ2n) is 8.68. The minimum absolute atomic E-state index is 0.0210. The zero-order chi connectivity index (χ0) is 24.0. The van der Waals surface area contributed by atoms with E-state index >= 15 is 0 Å². The summed E-state index contributed by atoms with van der Waals surface area (Å²) in [5.74, 6) is 6.59. The van der Waals surface area contributed by atoms with Crippen LogP contribution in [0, 0.1) is 29.0 Å². The number of halogens is 3. The predicted molar refractivity (Wildman–Crippen MR) is 133 cm³/mol. The SMILES string of the molecule is C=CC(=O)Nc1cc2c(Nc3ccc(Cl)c(Cl)c3F)ncnc2cc1C#C[C@@]12CC1CN(C)C2. The van der Waals surface area contributed by atoms with Gasteiger partial charge in [0.05, 0.1) is 32.5 Å². The number of piperidine rings is 1. The lowest BCUT2D eigenvalue weighted by molar-refractivity contribution is -0.111. The molecule has 0 radical (unpaired) electrons. The van der Waals surface area contributed by atoms with Crippen LogP contribution in [0.2, 0.25) is 10.0 Å². The highest BCUT2D eigenvalue weighted by Crippen LogP contribution is 2.56. The second-order valence-corrected chi connectivity index (χ2v) is 9.47. The molecule has 2 heterocycles. The van der Waals surface area contributed by atoms with Crippen LogP contribution in [0.25, 0.3) is 10.9 Å². The number of carbonyl (C=O) groups excluding carboxylic acids is 1. The Balaban J connectivity index is 1.57. The summed E-state index contributed by atoms with van der Waals surface area (Å²) in [5, 5.41) is 6.26. The number of benzene rings is 2. The molecule has 2 fully saturated rings. The fourth-order valence-corrected chi connectivity index (χ4v) is 4.77. The van der Waals surface area contributed by atoms with Crippen molar-refractivity contribution >= 4 is 57.2 Å². The maximum atomic E-state index is 14.6. The zero-order valence-corrected chi connectivity index (χ0v) is 19.8. The Bertz CT molecular complexity index is 1420. The Kier molecular flexibility index (Phi) is 5.68. The number of amides is 1. The molecule has 9 heteroatoms. The van der Waals surface area contributed by atoms with Crippen molar-refractivity contribution in [3.8, 4) is 11.8 Å². The van der Waals surface area contributed by atoms with Gasteiger partial charge in [-0.1, -0.05) is 41.6 Å². The first-order valence-electron chi connectivity index (χ1n) is 10.6. The summed E-state index contributed by atoms with van der Waals surface area (Å²) in [7, 11) is 2.10. The van der Waals surface area contributed by atoms with Gasteiger partial charge in [0.15, 0.2) is 5.82 Å². The lowest BCUT2D eigenvalue weighted by Crippen LogP contribution is -2.19. The lowest BCUT2D eigenvalue weighted by atomic mass is 10.0. The number of rotatable bonds is 4. The number of likely N-dealkylation sites (tertiary alicyclic amines) is 1. The van der Waals surface area contributed by atoms with E-state index in [1.54, 1.807) is 12.1 Å². The third-order valence-electron chi connectivity index (χ3n) is 6.27. The molecule has 2 atom stereocenters. The molecule has 1 unspecified atom stereocenters. The maximum absolute atomic E-state index is 14.6. The van der Waals surface area contributed by atoms with E-state index in [0.29, 0.717) is 33.9 Å². The normalized spacial score (nSPS) is 20.9. The molecule has 2 N–H and O–H groups in total. The Labute approximate surface area is 206 Å². The smallest absolute Gasteiger partial charge is 0.247 e. The zero-order valence-electron chi connectivity index (χ0n) is 18.3. The molecule has 3 aromatic rings. The molecular formula is C25H20Cl2FN5O. The van der Waals surface area contributed by atoms with Gasteiger partial charge in [0.1, 0.15) is 12.1 Å². The van der Waals surface area contributed by atoms with Gasteiger partial charge in [-0.3, -0.25) is 4.79 Å². The third kappa shape index (κ3) is 4.09. The Morgan fingerprint density at radius 1 is 1.32 bits per heavy atom. The highest BCUT2D eigenvalue weighted by Gasteiger charge is 2.58. The largest absolute Gasteiger partial charge is 0.337 e. The van der Waals surface area contributed by atoms with E-state index in [0.717, 1.165) is 19.5 Å². The Morgan fingerprint density at radius 2 is 2.15 bits per heavy atom. The molecule has 1 aliphatic carbocycles. The molecule has 1 aromatic heterocycles. The third-order valence-corrected chi connectivity index (χ3v) is 7.05. The van der Waals surface area contributed by atoms with Crippen LogP contribution >= 0.6 is 23.2 Å². The topological polar surface area (TPSA) is 70.1 Å². The number of anilines is 3. The number of carbonyl (C=O) groups is 1. The van der Waals surface area contributed by atoms with Crippen LogP contribution < -0.4 is 10.6 Å². The molecule has 172 valence electrons.